The van der Waals surface area contributed by atoms with Gasteiger partial charge in [-0.05, 0) is 37.6 Å². The number of benzene rings is 2. The van der Waals surface area contributed by atoms with Crippen LogP contribution in [0.4, 0.5) is 5.69 Å². The number of phenolic OH excluding ortho intramolecular Hbond substituents is 1. The van der Waals surface area contributed by atoms with Gasteiger partial charge in [0.05, 0.1) is 13.3 Å². The molecule has 0 bridgehead atoms. The number of hydrazone groups is 1. The Bertz CT molecular complexity index is 913. The molecule has 0 saturated carbocycles. The summed E-state index contributed by atoms with van der Waals surface area (Å²) in [6, 6.07) is 8.97. The number of hydrogen-bond acceptors (Lipinski definition) is 5. The van der Waals surface area contributed by atoms with Crippen LogP contribution in [0.25, 0.3) is 0 Å². The molecular weight excluding hydrogens is 426 g/mol. The molecule has 0 spiro atoms. The molecule has 0 aromatic heterocycles. The van der Waals surface area contributed by atoms with Crippen LogP contribution in [0.3, 0.4) is 0 Å². The van der Waals surface area contributed by atoms with Crippen LogP contribution in [0.1, 0.15) is 29.5 Å². The molecule has 0 heterocycles. The average Bonchev–Trinajstić information content (AvgIpc) is 2.64. The number of hydrogen-bond donors (Lipinski definition) is 3. The van der Waals surface area contributed by atoms with Gasteiger partial charge in [-0.3, -0.25) is 9.59 Å². The number of nitrogens with zero attached hydrogens (tertiary/aromatic N) is 1. The van der Waals surface area contributed by atoms with Crippen LogP contribution in [0.5, 0.6) is 11.5 Å². The van der Waals surface area contributed by atoms with Crippen molar-refractivity contribution in [2.45, 2.75) is 26.7 Å². The lowest BCUT2D eigenvalue weighted by Gasteiger charge is -2.09. The molecule has 2 rings (SSSR count). The van der Waals surface area contributed by atoms with Crippen LogP contribution in [0.2, 0.25) is 0 Å². The molecule has 0 aliphatic rings. The number of aryl methyl sites for hydroxylation is 2. The third kappa shape index (κ3) is 6.09. The Labute approximate surface area is 171 Å². The van der Waals surface area contributed by atoms with Gasteiger partial charge in [0.25, 0.3) is 0 Å². The molecule has 2 aromatic rings. The summed E-state index contributed by atoms with van der Waals surface area (Å²) in [6.07, 6.45) is 1.32. The van der Waals surface area contributed by atoms with Gasteiger partial charge in [0.15, 0.2) is 11.5 Å². The number of ether oxygens (including phenoxy) is 1. The van der Waals surface area contributed by atoms with Crippen LogP contribution in [0, 0.1) is 13.8 Å². The summed E-state index contributed by atoms with van der Waals surface area (Å²) in [6.45, 7) is 3.89. The van der Waals surface area contributed by atoms with Gasteiger partial charge in [-0.2, -0.15) is 5.10 Å². The van der Waals surface area contributed by atoms with Crippen molar-refractivity contribution in [2.24, 2.45) is 5.10 Å². The van der Waals surface area contributed by atoms with Crippen molar-refractivity contribution in [3.63, 3.8) is 0 Å². The Kier molecular flexibility index (Phi) is 7.57. The first-order chi connectivity index (χ1) is 13.3. The number of amides is 2. The van der Waals surface area contributed by atoms with Crippen molar-refractivity contribution >= 4 is 39.6 Å². The molecule has 3 N–H and O–H groups in total. The maximum atomic E-state index is 12.0. The minimum Gasteiger partial charge on any atom is -0.504 e. The van der Waals surface area contributed by atoms with Crippen molar-refractivity contribution in [2.75, 3.05) is 12.4 Å². The summed E-state index contributed by atoms with van der Waals surface area (Å²) in [4.78, 5) is 23.9. The second kappa shape index (κ2) is 9.89. The number of carbonyl (C=O) groups is 2. The fraction of sp³-hybridized carbons (Fsp3) is 0.250. The molecule has 0 aliphatic heterocycles. The second-order valence-electron chi connectivity index (χ2n) is 6.21. The van der Waals surface area contributed by atoms with Gasteiger partial charge in [-0.25, -0.2) is 5.43 Å². The van der Waals surface area contributed by atoms with Gasteiger partial charge < -0.3 is 15.2 Å². The number of rotatable bonds is 7. The highest BCUT2D eigenvalue weighted by molar-refractivity contribution is 9.10. The van der Waals surface area contributed by atoms with E-state index in [4.69, 9.17) is 4.74 Å². The first-order valence-corrected chi connectivity index (χ1v) is 9.35. The van der Waals surface area contributed by atoms with E-state index in [1.165, 1.54) is 13.3 Å². The molecule has 7 nitrogen and oxygen atoms in total. The number of nitrogens with one attached hydrogen (secondary N) is 2. The Morgan fingerprint density at radius 2 is 1.89 bits per heavy atom. The first kappa shape index (κ1) is 21.4. The normalized spacial score (nSPS) is 10.7. The highest BCUT2D eigenvalue weighted by atomic mass is 79.9. The summed E-state index contributed by atoms with van der Waals surface area (Å²) >= 11 is 3.30. The Hall–Kier alpha value is -2.87. The van der Waals surface area contributed by atoms with E-state index < -0.39 is 5.91 Å². The van der Waals surface area contributed by atoms with Crippen molar-refractivity contribution in [1.29, 1.82) is 0 Å². The highest BCUT2D eigenvalue weighted by Gasteiger charge is 2.10. The van der Waals surface area contributed by atoms with E-state index in [-0.39, 0.29) is 30.2 Å². The number of methoxy groups -OCH3 is 1. The van der Waals surface area contributed by atoms with E-state index in [1.807, 2.05) is 32.0 Å². The quantitative estimate of drug-likeness (QED) is 0.445. The van der Waals surface area contributed by atoms with Gasteiger partial charge in [0, 0.05) is 28.6 Å². The standard InChI is InChI=1S/C20H22BrN3O4/c1-12-4-5-16(13(2)8-12)23-18(25)6-7-19(26)24-22-11-14-9-15(21)10-17(28-3)20(14)27/h4-5,8-11,27H,6-7H2,1-3H3,(H,23,25)(H,24,26)/b22-11-. The summed E-state index contributed by atoms with van der Waals surface area (Å²) in [7, 11) is 1.44. The Morgan fingerprint density at radius 1 is 1.18 bits per heavy atom. The van der Waals surface area contributed by atoms with E-state index in [0.29, 0.717) is 10.0 Å². The molecular formula is C20H22BrN3O4. The van der Waals surface area contributed by atoms with Crippen molar-refractivity contribution < 1.29 is 19.4 Å². The van der Waals surface area contributed by atoms with Crippen LogP contribution >= 0.6 is 15.9 Å². The van der Waals surface area contributed by atoms with Crippen LogP contribution < -0.4 is 15.5 Å². The fourth-order valence-electron chi connectivity index (χ4n) is 2.47. The zero-order valence-electron chi connectivity index (χ0n) is 15.9. The van der Waals surface area contributed by atoms with Gasteiger partial charge >= 0.3 is 0 Å². The van der Waals surface area contributed by atoms with Gasteiger partial charge in [-0.1, -0.05) is 33.6 Å². The Balaban J connectivity index is 1.85. The first-order valence-electron chi connectivity index (χ1n) is 8.55. The van der Waals surface area contributed by atoms with Gasteiger partial charge in [0.2, 0.25) is 11.8 Å². The maximum Gasteiger partial charge on any atom is 0.240 e. The molecule has 8 heteroatoms. The summed E-state index contributed by atoms with van der Waals surface area (Å²) < 4.78 is 5.74. The maximum absolute atomic E-state index is 12.0. The molecule has 0 saturated heterocycles. The predicted octanol–water partition coefficient (Wildman–Crippen LogP) is 3.65. The van der Waals surface area contributed by atoms with E-state index in [1.54, 1.807) is 12.1 Å². The minimum absolute atomic E-state index is 0.0120. The number of carbonyl (C=O) groups excluding carboxylic acids is 2. The minimum atomic E-state index is -0.409. The number of anilines is 1. The highest BCUT2D eigenvalue weighted by Crippen LogP contribution is 2.32. The van der Waals surface area contributed by atoms with Crippen LogP contribution in [-0.4, -0.2) is 30.2 Å². The molecule has 2 aromatic carbocycles. The predicted molar refractivity (Wildman–Crippen MR) is 112 cm³/mol. The SMILES string of the molecule is COc1cc(Br)cc(/C=N\NC(=O)CCC(=O)Nc2ccc(C)cc2C)c1O. The number of aromatic hydroxyl groups is 1. The second-order valence-corrected chi connectivity index (χ2v) is 7.12. The average molecular weight is 448 g/mol. The van der Waals surface area contributed by atoms with E-state index in [0.717, 1.165) is 16.8 Å². The van der Waals surface area contributed by atoms with Gasteiger partial charge in [0.1, 0.15) is 0 Å². The molecule has 28 heavy (non-hydrogen) atoms. The smallest absolute Gasteiger partial charge is 0.240 e. The van der Waals surface area contributed by atoms with Gasteiger partial charge in [-0.15, -0.1) is 0 Å². The summed E-state index contributed by atoms with van der Waals surface area (Å²) in [5, 5.41) is 16.6. The lowest BCUT2D eigenvalue weighted by molar-refractivity contribution is -0.124. The largest absolute Gasteiger partial charge is 0.504 e. The van der Waals surface area contributed by atoms with Crippen LogP contribution in [0.15, 0.2) is 39.9 Å². The number of halogens is 1. The van der Waals surface area contributed by atoms with E-state index in [9.17, 15) is 14.7 Å². The summed E-state index contributed by atoms with van der Waals surface area (Å²) in [5.41, 5.74) is 5.52. The molecule has 0 aliphatic carbocycles. The van der Waals surface area contributed by atoms with E-state index >= 15 is 0 Å². The van der Waals surface area contributed by atoms with Crippen molar-refractivity contribution in [3.8, 4) is 11.5 Å². The zero-order chi connectivity index (χ0) is 20.7. The molecule has 0 fully saturated rings. The van der Waals surface area contributed by atoms with Crippen molar-refractivity contribution in [3.05, 3.63) is 51.5 Å². The lowest BCUT2D eigenvalue weighted by Crippen LogP contribution is -2.20. The molecule has 2 amide bonds. The lowest BCUT2D eigenvalue weighted by atomic mass is 10.1. The van der Waals surface area contributed by atoms with Crippen molar-refractivity contribution in [1.82, 2.24) is 5.43 Å². The summed E-state index contributed by atoms with van der Waals surface area (Å²) in [5.74, 6) is -0.462. The molecule has 0 radical (unpaired) electrons. The topological polar surface area (TPSA) is 100 Å². The molecule has 0 unspecified atom stereocenters. The zero-order valence-corrected chi connectivity index (χ0v) is 17.5. The third-order valence-corrected chi connectivity index (χ3v) is 4.37. The molecule has 148 valence electrons. The monoisotopic (exact) mass is 447 g/mol. The third-order valence-electron chi connectivity index (χ3n) is 3.92. The molecule has 0 atom stereocenters. The van der Waals surface area contributed by atoms with Crippen LogP contribution in [-0.2, 0) is 9.59 Å². The Morgan fingerprint density at radius 3 is 2.57 bits per heavy atom. The number of phenols is 1. The fourth-order valence-corrected chi connectivity index (χ4v) is 2.93. The van der Waals surface area contributed by atoms with E-state index in [2.05, 4.69) is 31.8 Å².